The topological polar surface area (TPSA) is 62.2 Å². The summed E-state index contributed by atoms with van der Waals surface area (Å²) in [6, 6.07) is 30.9. The molecule has 40 heavy (non-hydrogen) atoms. The number of aromatic nitrogens is 3. The van der Waals surface area contributed by atoms with Crippen molar-refractivity contribution in [3.05, 3.63) is 103 Å². The molecule has 0 spiro atoms. The van der Waals surface area contributed by atoms with Gasteiger partial charge >= 0.3 is 0 Å². The van der Waals surface area contributed by atoms with Gasteiger partial charge in [0.25, 0.3) is 0 Å². The highest BCUT2D eigenvalue weighted by atomic mass is 32.1. The van der Waals surface area contributed by atoms with Gasteiger partial charge in [0.1, 0.15) is 17.0 Å². The molecule has 4 heterocycles. The first-order valence-corrected chi connectivity index (χ1v) is 14.3. The third-order valence-corrected chi connectivity index (χ3v) is 8.65. The van der Waals surface area contributed by atoms with Gasteiger partial charge in [-0.15, -0.1) is 11.3 Å². The number of Topliss-reactive ketones (excluding diaryl/α,β-unsaturated/α-hetero) is 1. The number of ketones is 1. The molecule has 3 aromatic carbocycles. The zero-order chi connectivity index (χ0) is 27.1. The highest BCUT2D eigenvalue weighted by Gasteiger charge is 2.24. The lowest BCUT2D eigenvalue weighted by Crippen LogP contribution is -2.46. The molecule has 3 aromatic heterocycles. The molecule has 0 amide bonds. The maximum atomic E-state index is 11.7. The number of rotatable bonds is 5. The summed E-state index contributed by atoms with van der Waals surface area (Å²) in [6.45, 7) is 5.06. The Hall–Kier alpha value is -4.62. The van der Waals surface area contributed by atoms with Gasteiger partial charge in [-0.2, -0.15) is 0 Å². The third kappa shape index (κ3) is 4.38. The predicted octanol–water partition coefficient (Wildman–Crippen LogP) is 7.10. The molecule has 196 valence electrons. The molecule has 7 rings (SSSR count). The van der Waals surface area contributed by atoms with E-state index in [1.165, 1.54) is 0 Å². The first-order valence-electron chi connectivity index (χ1n) is 13.5. The fourth-order valence-electron chi connectivity index (χ4n) is 5.47. The van der Waals surface area contributed by atoms with Crippen molar-refractivity contribution in [1.29, 1.82) is 0 Å². The van der Waals surface area contributed by atoms with E-state index in [1.807, 2.05) is 36.4 Å². The van der Waals surface area contributed by atoms with E-state index in [2.05, 4.69) is 64.4 Å². The zero-order valence-electron chi connectivity index (χ0n) is 22.1. The standard InChI is InChI=1S/C33H27N5OS/c1-22(39)23-12-14-26(15-13-23)37-16-18-38(19-17-37)32-31-30(34-21-35-32)29-27(24-8-4-2-5-9-24)20-28(36-33(29)40-31)25-10-6-3-7-11-25/h2-15,20-21H,16-19H2,1H3. The number of hydrogen-bond acceptors (Lipinski definition) is 7. The summed E-state index contributed by atoms with van der Waals surface area (Å²) >= 11 is 1.68. The van der Waals surface area contributed by atoms with Crippen molar-refractivity contribution in [2.45, 2.75) is 6.92 Å². The molecule has 0 bridgehead atoms. The number of pyridine rings is 1. The third-order valence-electron chi connectivity index (χ3n) is 7.58. The lowest BCUT2D eigenvalue weighted by molar-refractivity contribution is 0.101. The van der Waals surface area contributed by atoms with Crippen molar-refractivity contribution < 1.29 is 4.79 Å². The molecule has 1 saturated heterocycles. The molecule has 0 N–H and O–H groups in total. The summed E-state index contributed by atoms with van der Waals surface area (Å²) in [5, 5.41) is 1.08. The molecule has 7 heteroatoms. The van der Waals surface area contributed by atoms with Crippen LogP contribution >= 0.6 is 11.3 Å². The smallest absolute Gasteiger partial charge is 0.159 e. The van der Waals surface area contributed by atoms with Crippen LogP contribution in [0.25, 0.3) is 42.8 Å². The van der Waals surface area contributed by atoms with Crippen molar-refractivity contribution in [3.8, 4) is 22.4 Å². The minimum absolute atomic E-state index is 0.0910. The summed E-state index contributed by atoms with van der Waals surface area (Å²) in [5.41, 5.74) is 7.18. The number of thiophene rings is 1. The van der Waals surface area contributed by atoms with Crippen LogP contribution in [0, 0.1) is 0 Å². The number of fused-ring (bicyclic) bond motifs is 3. The lowest BCUT2D eigenvalue weighted by Gasteiger charge is -2.36. The number of carbonyl (C=O) groups excluding carboxylic acids is 1. The molecule has 1 aliphatic heterocycles. The van der Waals surface area contributed by atoms with Crippen LogP contribution in [0.5, 0.6) is 0 Å². The Labute approximate surface area is 236 Å². The van der Waals surface area contributed by atoms with Crippen LogP contribution in [0.2, 0.25) is 0 Å². The fraction of sp³-hybridized carbons (Fsp3) is 0.152. The molecule has 1 aliphatic rings. The van der Waals surface area contributed by atoms with E-state index in [1.54, 1.807) is 24.6 Å². The summed E-state index contributed by atoms with van der Waals surface area (Å²) in [4.78, 5) is 32.1. The molecule has 0 radical (unpaired) electrons. The van der Waals surface area contributed by atoms with Crippen molar-refractivity contribution in [2.75, 3.05) is 36.0 Å². The van der Waals surface area contributed by atoms with Gasteiger partial charge in [-0.05, 0) is 48.4 Å². The number of nitrogens with zero attached hydrogens (tertiary/aromatic N) is 5. The average Bonchev–Trinajstić information content (AvgIpc) is 3.40. The van der Waals surface area contributed by atoms with E-state index in [0.29, 0.717) is 0 Å². The predicted molar refractivity (Wildman–Crippen MR) is 164 cm³/mol. The second-order valence-electron chi connectivity index (χ2n) is 10.0. The Morgan fingerprint density at radius 2 is 1.43 bits per heavy atom. The highest BCUT2D eigenvalue weighted by Crippen LogP contribution is 2.42. The van der Waals surface area contributed by atoms with Gasteiger partial charge in [0, 0.05) is 48.4 Å². The van der Waals surface area contributed by atoms with E-state index in [-0.39, 0.29) is 5.78 Å². The molecular formula is C33H27N5OS. The van der Waals surface area contributed by atoms with Gasteiger partial charge in [-0.1, -0.05) is 60.7 Å². The first-order chi connectivity index (χ1) is 19.7. The Morgan fingerprint density at radius 3 is 2.10 bits per heavy atom. The summed E-state index contributed by atoms with van der Waals surface area (Å²) in [6.07, 6.45) is 1.69. The van der Waals surface area contributed by atoms with Crippen molar-refractivity contribution in [1.82, 2.24) is 15.0 Å². The molecule has 1 fully saturated rings. The number of piperazine rings is 1. The largest absolute Gasteiger partial charge is 0.368 e. The average molecular weight is 542 g/mol. The van der Waals surface area contributed by atoms with Crippen molar-refractivity contribution >= 4 is 49.1 Å². The highest BCUT2D eigenvalue weighted by molar-refractivity contribution is 7.26. The van der Waals surface area contributed by atoms with Crippen LogP contribution in [0.15, 0.2) is 97.3 Å². The number of anilines is 2. The second-order valence-corrected chi connectivity index (χ2v) is 11.0. The quantitative estimate of drug-likeness (QED) is 0.217. The zero-order valence-corrected chi connectivity index (χ0v) is 22.9. The van der Waals surface area contributed by atoms with E-state index < -0.39 is 0 Å². The molecular weight excluding hydrogens is 514 g/mol. The van der Waals surface area contributed by atoms with Crippen LogP contribution in [0.3, 0.4) is 0 Å². The van der Waals surface area contributed by atoms with Crippen LogP contribution in [-0.2, 0) is 0 Å². The van der Waals surface area contributed by atoms with E-state index in [9.17, 15) is 4.79 Å². The SMILES string of the molecule is CC(=O)c1ccc(N2CCN(c3ncnc4c3sc3nc(-c5ccccc5)cc(-c5ccccc5)c34)CC2)cc1. The second kappa shape index (κ2) is 10.2. The monoisotopic (exact) mass is 541 g/mol. The van der Waals surface area contributed by atoms with Gasteiger partial charge in [-0.3, -0.25) is 4.79 Å². The normalized spacial score (nSPS) is 13.7. The number of benzene rings is 3. The molecule has 6 aromatic rings. The Morgan fingerprint density at radius 1 is 0.775 bits per heavy atom. The molecule has 0 saturated carbocycles. The molecule has 0 unspecified atom stereocenters. The maximum Gasteiger partial charge on any atom is 0.159 e. The molecule has 0 aliphatic carbocycles. The van der Waals surface area contributed by atoms with Crippen molar-refractivity contribution in [2.24, 2.45) is 0 Å². The molecule has 6 nitrogen and oxygen atoms in total. The van der Waals surface area contributed by atoms with Gasteiger partial charge in [0.15, 0.2) is 5.78 Å². The van der Waals surface area contributed by atoms with Crippen LogP contribution in [0.4, 0.5) is 11.5 Å². The lowest BCUT2D eigenvalue weighted by atomic mass is 10.00. The van der Waals surface area contributed by atoms with Gasteiger partial charge in [0.05, 0.1) is 15.9 Å². The minimum atomic E-state index is 0.0910. The van der Waals surface area contributed by atoms with E-state index >= 15 is 0 Å². The van der Waals surface area contributed by atoms with E-state index in [0.717, 1.165) is 86.1 Å². The van der Waals surface area contributed by atoms with Crippen molar-refractivity contribution in [3.63, 3.8) is 0 Å². The maximum absolute atomic E-state index is 11.7. The fourth-order valence-corrected chi connectivity index (χ4v) is 6.64. The summed E-state index contributed by atoms with van der Waals surface area (Å²) in [5.74, 6) is 1.06. The van der Waals surface area contributed by atoms with Gasteiger partial charge in [-0.25, -0.2) is 15.0 Å². The Bertz CT molecular complexity index is 1830. The minimum Gasteiger partial charge on any atom is -0.368 e. The Kier molecular flexibility index (Phi) is 6.21. The van der Waals surface area contributed by atoms with E-state index in [4.69, 9.17) is 15.0 Å². The van der Waals surface area contributed by atoms with Gasteiger partial charge in [0.2, 0.25) is 0 Å². The number of hydrogen-bond donors (Lipinski definition) is 0. The summed E-state index contributed by atoms with van der Waals surface area (Å²) in [7, 11) is 0. The number of carbonyl (C=O) groups is 1. The Balaban J connectivity index is 1.27. The van der Waals surface area contributed by atoms with Crippen LogP contribution in [0.1, 0.15) is 17.3 Å². The summed E-state index contributed by atoms with van der Waals surface area (Å²) < 4.78 is 1.08. The molecule has 0 atom stereocenters. The van der Waals surface area contributed by atoms with Gasteiger partial charge < -0.3 is 9.80 Å². The first kappa shape index (κ1) is 24.4. The van der Waals surface area contributed by atoms with Crippen LogP contribution < -0.4 is 9.80 Å². The van der Waals surface area contributed by atoms with Crippen LogP contribution in [-0.4, -0.2) is 46.9 Å².